The number of hydrogen-bond acceptors (Lipinski definition) is 7. The molecule has 0 radical (unpaired) electrons. The first kappa shape index (κ1) is 22.8. The highest BCUT2D eigenvalue weighted by Crippen LogP contribution is 2.13. The topological polar surface area (TPSA) is 105 Å². The van der Waals surface area contributed by atoms with E-state index in [0.717, 1.165) is 6.29 Å². The predicted octanol–water partition coefficient (Wildman–Crippen LogP) is 1.97. The van der Waals surface area contributed by atoms with Crippen molar-refractivity contribution >= 4 is 18.2 Å². The largest absolute Gasteiger partial charge is 0.459 e. The zero-order chi connectivity index (χ0) is 19.4. The molecule has 7 heteroatoms. The average Bonchev–Trinajstić information content (AvgIpc) is 2.59. The number of ether oxygens (including phenoxy) is 3. The minimum atomic E-state index is -0.437. The highest BCUT2D eigenvalue weighted by Gasteiger charge is 2.09. The van der Waals surface area contributed by atoms with Gasteiger partial charge in [0.05, 0.1) is 17.7 Å². The second-order valence-electron chi connectivity index (χ2n) is 5.72. The van der Waals surface area contributed by atoms with Crippen molar-refractivity contribution in [2.75, 3.05) is 13.7 Å². The van der Waals surface area contributed by atoms with Gasteiger partial charge in [0, 0.05) is 14.0 Å². The molecule has 0 bridgehead atoms. The van der Waals surface area contributed by atoms with Crippen LogP contribution in [0.3, 0.4) is 0 Å². The number of methoxy groups -OCH3 is 1. The molecule has 0 aromatic heterocycles. The Bertz CT molecular complexity index is 541. The van der Waals surface area contributed by atoms with Gasteiger partial charge < -0.3 is 24.7 Å². The van der Waals surface area contributed by atoms with Crippen molar-refractivity contribution in [1.29, 1.82) is 0 Å². The summed E-state index contributed by atoms with van der Waals surface area (Å²) in [4.78, 5) is 32.1. The summed E-state index contributed by atoms with van der Waals surface area (Å²) in [5.41, 5.74) is 5.65. The first-order chi connectivity index (χ1) is 11.7. The Kier molecular flexibility index (Phi) is 11.1. The lowest BCUT2D eigenvalue weighted by atomic mass is 10.1. The highest BCUT2D eigenvalue weighted by molar-refractivity contribution is 5.89. The average molecular weight is 353 g/mol. The molecule has 0 fully saturated rings. The number of esters is 2. The van der Waals surface area contributed by atoms with Gasteiger partial charge in [-0.25, -0.2) is 4.79 Å². The van der Waals surface area contributed by atoms with E-state index >= 15 is 0 Å². The van der Waals surface area contributed by atoms with Crippen LogP contribution in [0.15, 0.2) is 24.3 Å². The molecular weight excluding hydrogens is 326 g/mol. The van der Waals surface area contributed by atoms with Gasteiger partial charge in [0.2, 0.25) is 0 Å². The van der Waals surface area contributed by atoms with Gasteiger partial charge in [0.25, 0.3) is 0 Å². The summed E-state index contributed by atoms with van der Waals surface area (Å²) < 4.78 is 14.8. The molecule has 25 heavy (non-hydrogen) atoms. The van der Waals surface area contributed by atoms with Crippen molar-refractivity contribution in [2.24, 2.45) is 11.7 Å². The summed E-state index contributed by atoms with van der Waals surface area (Å²) in [5, 5.41) is 0. The van der Waals surface area contributed by atoms with Crippen LogP contribution in [-0.2, 0) is 19.1 Å². The van der Waals surface area contributed by atoms with Crippen molar-refractivity contribution in [3.8, 4) is 5.75 Å². The molecule has 2 unspecified atom stereocenters. The summed E-state index contributed by atoms with van der Waals surface area (Å²) in [7, 11) is 1.55. The van der Waals surface area contributed by atoms with E-state index in [9.17, 15) is 14.4 Å². The molecule has 2 atom stereocenters. The monoisotopic (exact) mass is 353 g/mol. The standard InChI is InChI=1S/C13H16O5.C5H11NO/c1-9(16-3)8-17-13(15)11-4-6-12(7-5-11)18-10(2)14;1-4(2)5(6)3-7/h4-7,9H,8H2,1-3H3;3-5H,6H2,1-2H3. The van der Waals surface area contributed by atoms with Gasteiger partial charge in [-0.2, -0.15) is 0 Å². The molecule has 0 aliphatic heterocycles. The maximum absolute atomic E-state index is 11.6. The fourth-order valence-electron chi connectivity index (χ4n) is 1.33. The number of rotatable bonds is 7. The van der Waals surface area contributed by atoms with E-state index in [1.165, 1.54) is 31.2 Å². The third-order valence-electron chi connectivity index (χ3n) is 3.13. The molecule has 0 heterocycles. The molecule has 7 nitrogen and oxygen atoms in total. The Hall–Kier alpha value is -2.25. The van der Waals surface area contributed by atoms with Crippen LogP contribution in [0.1, 0.15) is 38.1 Å². The molecule has 1 aromatic carbocycles. The van der Waals surface area contributed by atoms with Gasteiger partial charge in [0.15, 0.2) is 0 Å². The lowest BCUT2D eigenvalue weighted by Gasteiger charge is -2.10. The van der Waals surface area contributed by atoms with Crippen molar-refractivity contribution in [1.82, 2.24) is 0 Å². The third kappa shape index (κ3) is 10.3. The minimum Gasteiger partial charge on any atom is -0.459 e. The number of benzene rings is 1. The predicted molar refractivity (Wildman–Crippen MR) is 93.4 cm³/mol. The van der Waals surface area contributed by atoms with Crippen LogP contribution in [0.25, 0.3) is 0 Å². The van der Waals surface area contributed by atoms with E-state index in [0.29, 0.717) is 11.3 Å². The van der Waals surface area contributed by atoms with E-state index < -0.39 is 11.9 Å². The fraction of sp³-hybridized carbons (Fsp3) is 0.500. The van der Waals surface area contributed by atoms with Crippen LogP contribution in [-0.4, -0.2) is 44.1 Å². The van der Waals surface area contributed by atoms with Gasteiger partial charge in [0.1, 0.15) is 18.6 Å². The normalized spacial score (nSPS) is 12.4. The molecule has 2 N–H and O–H groups in total. The Labute approximate surface area is 148 Å². The van der Waals surface area contributed by atoms with Crippen molar-refractivity contribution in [3.63, 3.8) is 0 Å². The molecule has 1 rings (SSSR count). The van der Waals surface area contributed by atoms with Gasteiger partial charge in [-0.1, -0.05) is 13.8 Å². The van der Waals surface area contributed by atoms with Crippen molar-refractivity contribution in [3.05, 3.63) is 29.8 Å². The molecule has 0 aliphatic rings. The number of nitrogens with two attached hydrogens (primary N) is 1. The smallest absolute Gasteiger partial charge is 0.338 e. The Morgan fingerprint density at radius 2 is 1.72 bits per heavy atom. The van der Waals surface area contributed by atoms with E-state index in [1.54, 1.807) is 14.0 Å². The van der Waals surface area contributed by atoms with Crippen LogP contribution in [0.2, 0.25) is 0 Å². The van der Waals surface area contributed by atoms with Crippen LogP contribution in [0.5, 0.6) is 5.75 Å². The molecule has 0 aliphatic carbocycles. The van der Waals surface area contributed by atoms with Crippen molar-refractivity contribution in [2.45, 2.75) is 39.8 Å². The van der Waals surface area contributed by atoms with Gasteiger partial charge >= 0.3 is 11.9 Å². The van der Waals surface area contributed by atoms with Gasteiger partial charge in [-0.3, -0.25) is 4.79 Å². The maximum Gasteiger partial charge on any atom is 0.338 e. The number of hydrogen-bond donors (Lipinski definition) is 1. The van der Waals surface area contributed by atoms with Crippen molar-refractivity contribution < 1.29 is 28.6 Å². The SMILES string of the molecule is CC(C)C(N)C=O.COC(C)COC(=O)c1ccc(OC(C)=O)cc1. The van der Waals surface area contributed by atoms with E-state index in [-0.39, 0.29) is 24.7 Å². The minimum absolute atomic E-state index is 0.144. The molecule has 0 amide bonds. The summed E-state index contributed by atoms with van der Waals surface area (Å²) in [6.45, 7) is 7.14. The fourth-order valence-corrected chi connectivity index (χ4v) is 1.33. The third-order valence-corrected chi connectivity index (χ3v) is 3.13. The van der Waals surface area contributed by atoms with Crippen LogP contribution in [0, 0.1) is 5.92 Å². The van der Waals surface area contributed by atoms with Crippen LogP contribution in [0.4, 0.5) is 0 Å². The molecule has 0 spiro atoms. The number of carbonyl (C=O) groups is 3. The van der Waals surface area contributed by atoms with E-state index in [4.69, 9.17) is 19.9 Å². The Morgan fingerprint density at radius 1 is 1.16 bits per heavy atom. The Morgan fingerprint density at radius 3 is 2.08 bits per heavy atom. The van der Waals surface area contributed by atoms with Crippen LogP contribution >= 0.6 is 0 Å². The lowest BCUT2D eigenvalue weighted by molar-refractivity contribution is -0.131. The van der Waals surface area contributed by atoms with Gasteiger partial charge in [-0.05, 0) is 37.1 Å². The summed E-state index contributed by atoms with van der Waals surface area (Å²) in [6.07, 6.45) is 0.624. The lowest BCUT2D eigenvalue weighted by Crippen LogP contribution is -2.27. The van der Waals surface area contributed by atoms with Gasteiger partial charge in [-0.15, -0.1) is 0 Å². The Balaban J connectivity index is 0.000000697. The first-order valence-corrected chi connectivity index (χ1v) is 7.90. The molecular formula is C18H27NO6. The van der Waals surface area contributed by atoms with E-state index in [2.05, 4.69) is 0 Å². The summed E-state index contributed by atoms with van der Waals surface area (Å²) >= 11 is 0. The summed E-state index contributed by atoms with van der Waals surface area (Å²) in [5.74, 6) is -0.172. The zero-order valence-corrected chi connectivity index (χ0v) is 15.4. The first-order valence-electron chi connectivity index (χ1n) is 7.90. The second kappa shape index (κ2) is 12.2. The highest BCUT2D eigenvalue weighted by atomic mass is 16.6. The molecule has 0 saturated carbocycles. The number of aldehydes is 1. The summed E-state index contributed by atoms with van der Waals surface area (Å²) in [6, 6.07) is 5.88. The quantitative estimate of drug-likeness (QED) is 0.454. The molecule has 140 valence electrons. The van der Waals surface area contributed by atoms with Crippen LogP contribution < -0.4 is 10.5 Å². The van der Waals surface area contributed by atoms with E-state index in [1.807, 2.05) is 13.8 Å². The zero-order valence-electron chi connectivity index (χ0n) is 15.4. The number of carbonyl (C=O) groups excluding carboxylic acids is 3. The molecule has 1 aromatic rings. The second-order valence-corrected chi connectivity index (χ2v) is 5.72. The maximum atomic E-state index is 11.6. The molecule has 0 saturated heterocycles.